The molecule has 0 saturated carbocycles. The average Bonchev–Trinajstić information content (AvgIpc) is 3.58. The maximum Gasteiger partial charge on any atom is 0.356 e. The fraction of sp³-hybridized carbons (Fsp3) is 0.389. The Morgan fingerprint density at radius 2 is 2.03 bits per heavy atom. The van der Waals surface area contributed by atoms with E-state index in [2.05, 4.69) is 35.6 Å². The van der Waals surface area contributed by atoms with Crippen molar-refractivity contribution in [2.75, 3.05) is 24.5 Å². The van der Waals surface area contributed by atoms with E-state index in [1.54, 1.807) is 9.47 Å². The minimum Gasteiger partial charge on any atom is -0.476 e. The summed E-state index contributed by atoms with van der Waals surface area (Å²) in [6.45, 7) is 1.81. The van der Waals surface area contributed by atoms with E-state index < -0.39 is 41.8 Å². The number of fused-ring (bicyclic) bond motifs is 1. The van der Waals surface area contributed by atoms with Crippen LogP contribution in [0.15, 0.2) is 28.1 Å². The Hall–Kier alpha value is -3.45. The number of tetrazole rings is 1. The number of nitrogens with one attached hydrogen (secondary N) is 3. The van der Waals surface area contributed by atoms with Gasteiger partial charge in [0.2, 0.25) is 31.8 Å². The summed E-state index contributed by atoms with van der Waals surface area (Å²) in [7, 11) is -9.00. The zero-order valence-electron chi connectivity index (χ0n) is 18.6. The van der Waals surface area contributed by atoms with Crippen LogP contribution in [-0.4, -0.2) is 83.8 Å². The topological polar surface area (TPSA) is 231 Å². The van der Waals surface area contributed by atoms with Crippen molar-refractivity contribution in [2.45, 2.75) is 35.2 Å². The van der Waals surface area contributed by atoms with Crippen molar-refractivity contribution in [2.24, 2.45) is 5.14 Å². The number of rotatable bonds is 7. The number of sulfonamides is 2. The number of aromatic carboxylic acids is 1. The Labute approximate surface area is 205 Å². The monoisotopic (exact) mass is 538 g/mol. The standard InChI is InChI=1S/C18H22N10O6S2/c19-35(31,32)15-13(36(33,34)24-10-4-5-20-8-10)3-2-12(14(15)16-22-25-26-23-16)28-7-1-6-27-9-11(17(29)30)21-18(27)28/h2-3,9-10,20,24H,1,4-8H2,(H,29,30)(H2,19,31,32)(H,22,23,25,26)/t10-/m1/s1. The fourth-order valence-corrected chi connectivity index (χ4v) is 7.28. The van der Waals surface area contributed by atoms with Gasteiger partial charge in [-0.3, -0.25) is 0 Å². The first-order valence-corrected chi connectivity index (χ1v) is 13.8. The summed E-state index contributed by atoms with van der Waals surface area (Å²) < 4.78 is 56.6. The third-order valence-corrected chi connectivity index (χ3v) is 8.60. The van der Waals surface area contributed by atoms with Crippen LogP contribution >= 0.6 is 0 Å². The van der Waals surface area contributed by atoms with E-state index in [0.29, 0.717) is 39.0 Å². The molecule has 1 saturated heterocycles. The number of hydrogen-bond acceptors (Lipinski definition) is 11. The summed E-state index contributed by atoms with van der Waals surface area (Å²) in [5.74, 6) is -1.21. The Morgan fingerprint density at radius 3 is 2.67 bits per heavy atom. The number of carbonyl (C=O) groups is 1. The SMILES string of the molecule is NS(=O)(=O)c1c(S(=O)(=O)N[C@@H]2CCNC2)ccc(N2CCCn3cc(C(=O)O)nc32)c1-c1nn[nH]n1. The van der Waals surface area contributed by atoms with Crippen molar-refractivity contribution >= 4 is 37.7 Å². The lowest BCUT2D eigenvalue weighted by Gasteiger charge is -2.31. The molecule has 1 aromatic carbocycles. The number of anilines is 2. The molecule has 0 aliphatic carbocycles. The van der Waals surface area contributed by atoms with Gasteiger partial charge in [0.15, 0.2) is 5.69 Å². The van der Waals surface area contributed by atoms with Gasteiger partial charge in [0, 0.05) is 31.9 Å². The number of carboxylic acids is 1. The second-order valence-corrected chi connectivity index (χ2v) is 11.5. The van der Waals surface area contributed by atoms with Crippen LogP contribution in [0.3, 0.4) is 0 Å². The third kappa shape index (κ3) is 4.32. The van der Waals surface area contributed by atoms with Crippen LogP contribution in [0.1, 0.15) is 23.3 Å². The lowest BCUT2D eigenvalue weighted by atomic mass is 10.1. The van der Waals surface area contributed by atoms with Gasteiger partial charge in [0.05, 0.1) is 11.3 Å². The number of aryl methyl sites for hydroxylation is 1. The number of H-pyrrole nitrogens is 1. The number of nitrogens with zero attached hydrogens (tertiary/aromatic N) is 6. The molecule has 4 heterocycles. The molecule has 18 heteroatoms. The Kier molecular flexibility index (Phi) is 5.99. The molecule has 36 heavy (non-hydrogen) atoms. The van der Waals surface area contributed by atoms with Gasteiger partial charge in [-0.1, -0.05) is 0 Å². The van der Waals surface area contributed by atoms with Gasteiger partial charge in [0.1, 0.15) is 9.79 Å². The summed E-state index contributed by atoms with van der Waals surface area (Å²) in [4.78, 5) is 16.0. The smallest absolute Gasteiger partial charge is 0.356 e. The van der Waals surface area contributed by atoms with Gasteiger partial charge < -0.3 is 19.9 Å². The molecule has 6 N–H and O–H groups in total. The van der Waals surface area contributed by atoms with Gasteiger partial charge in [-0.05, 0) is 36.7 Å². The molecule has 192 valence electrons. The van der Waals surface area contributed by atoms with Gasteiger partial charge in [0.25, 0.3) is 0 Å². The maximum atomic E-state index is 13.3. The average molecular weight is 539 g/mol. The zero-order chi connectivity index (χ0) is 25.7. The molecule has 0 bridgehead atoms. The lowest BCUT2D eigenvalue weighted by molar-refractivity contribution is 0.0691. The first kappa shape index (κ1) is 24.3. The predicted octanol–water partition coefficient (Wildman–Crippen LogP) is -1.41. The summed E-state index contributed by atoms with van der Waals surface area (Å²) in [5, 5.41) is 31.5. The number of carboxylic acid groups (broad SMARTS) is 1. The number of benzene rings is 1. The van der Waals surface area contributed by atoms with Crippen LogP contribution in [0.4, 0.5) is 11.6 Å². The largest absolute Gasteiger partial charge is 0.476 e. The third-order valence-electron chi connectivity index (χ3n) is 5.91. The number of aromatic amines is 1. The van der Waals surface area contributed by atoms with Crippen molar-refractivity contribution in [3.63, 3.8) is 0 Å². The normalized spacial score (nSPS) is 18.4. The van der Waals surface area contributed by atoms with Crippen molar-refractivity contribution < 1.29 is 26.7 Å². The van der Waals surface area contributed by atoms with E-state index in [1.807, 2.05) is 0 Å². The lowest BCUT2D eigenvalue weighted by Crippen LogP contribution is -2.37. The molecule has 0 spiro atoms. The number of aromatic nitrogens is 6. The molecule has 0 amide bonds. The highest BCUT2D eigenvalue weighted by atomic mass is 32.2. The minimum absolute atomic E-state index is 0.172. The molecule has 16 nitrogen and oxygen atoms in total. The van der Waals surface area contributed by atoms with Gasteiger partial charge in [-0.15, -0.1) is 10.2 Å². The summed E-state index contributed by atoms with van der Waals surface area (Å²) in [6.07, 6.45) is 2.47. The first-order valence-electron chi connectivity index (χ1n) is 10.8. The Morgan fingerprint density at radius 1 is 1.22 bits per heavy atom. The highest BCUT2D eigenvalue weighted by Crippen LogP contribution is 2.41. The number of hydrogen-bond donors (Lipinski definition) is 5. The van der Waals surface area contributed by atoms with E-state index in [-0.39, 0.29) is 28.7 Å². The number of primary sulfonamides is 1. The van der Waals surface area contributed by atoms with Crippen LogP contribution in [0.2, 0.25) is 0 Å². The van der Waals surface area contributed by atoms with E-state index in [9.17, 15) is 26.7 Å². The van der Waals surface area contributed by atoms with Crippen LogP contribution < -0.4 is 20.1 Å². The van der Waals surface area contributed by atoms with Crippen LogP contribution in [0.5, 0.6) is 0 Å². The molecule has 2 aliphatic heterocycles. The predicted molar refractivity (Wildman–Crippen MR) is 123 cm³/mol. The Balaban J connectivity index is 1.75. The molecule has 0 unspecified atom stereocenters. The summed E-state index contributed by atoms with van der Waals surface area (Å²) >= 11 is 0. The molecular weight excluding hydrogens is 516 g/mol. The van der Waals surface area contributed by atoms with E-state index in [4.69, 9.17) is 5.14 Å². The molecule has 2 aromatic heterocycles. The Bertz CT molecular complexity index is 1530. The van der Waals surface area contributed by atoms with Crippen molar-refractivity contribution in [3.8, 4) is 11.4 Å². The van der Waals surface area contributed by atoms with E-state index >= 15 is 0 Å². The molecule has 1 atom stereocenters. The van der Waals surface area contributed by atoms with Crippen molar-refractivity contribution in [1.29, 1.82) is 0 Å². The number of nitrogens with two attached hydrogens (primary N) is 1. The molecule has 1 fully saturated rings. The van der Waals surface area contributed by atoms with Crippen LogP contribution in [0.25, 0.3) is 11.4 Å². The molecule has 0 radical (unpaired) electrons. The number of imidazole rings is 1. The first-order chi connectivity index (χ1) is 17.1. The molecule has 3 aromatic rings. The molecular formula is C18H22N10O6S2. The second-order valence-electron chi connectivity index (χ2n) is 8.31. The molecule has 5 rings (SSSR count). The second kappa shape index (κ2) is 8.89. The minimum atomic E-state index is -4.66. The zero-order valence-corrected chi connectivity index (χ0v) is 20.3. The quantitative estimate of drug-likeness (QED) is 0.233. The molecule has 2 aliphatic rings. The van der Waals surface area contributed by atoms with Gasteiger partial charge in [-0.25, -0.2) is 36.5 Å². The maximum absolute atomic E-state index is 13.3. The van der Waals surface area contributed by atoms with Crippen molar-refractivity contribution in [1.82, 2.24) is 40.2 Å². The van der Waals surface area contributed by atoms with E-state index in [1.165, 1.54) is 12.3 Å². The van der Waals surface area contributed by atoms with Crippen LogP contribution in [-0.2, 0) is 26.6 Å². The van der Waals surface area contributed by atoms with Gasteiger partial charge in [-0.2, -0.15) is 5.21 Å². The highest BCUT2D eigenvalue weighted by molar-refractivity contribution is 7.92. The van der Waals surface area contributed by atoms with Crippen molar-refractivity contribution in [3.05, 3.63) is 24.0 Å². The summed E-state index contributed by atoms with van der Waals surface area (Å²) in [5.41, 5.74) is -0.226. The fourth-order valence-electron chi connectivity index (χ4n) is 4.41. The van der Waals surface area contributed by atoms with Crippen LogP contribution in [0, 0.1) is 0 Å². The van der Waals surface area contributed by atoms with E-state index in [0.717, 1.165) is 6.07 Å². The van der Waals surface area contributed by atoms with Gasteiger partial charge >= 0.3 is 5.97 Å². The summed E-state index contributed by atoms with van der Waals surface area (Å²) in [6, 6.07) is 2.11. The highest BCUT2D eigenvalue weighted by Gasteiger charge is 2.36.